The maximum absolute atomic E-state index is 12.2. The average molecular weight is 214 g/mol. The van der Waals surface area contributed by atoms with Crippen LogP contribution < -0.4 is 0 Å². The number of rotatable bonds is 0. The minimum absolute atomic E-state index is 0.0608. The van der Waals surface area contributed by atoms with Gasteiger partial charge in [-0.15, -0.1) is 0 Å². The summed E-state index contributed by atoms with van der Waals surface area (Å²) in [6.07, 6.45) is 0.556. The average Bonchev–Trinajstić information content (AvgIpc) is 2.15. The van der Waals surface area contributed by atoms with Crippen molar-refractivity contribution in [2.45, 2.75) is 34.1 Å². The fraction of sp³-hybridized carbons (Fsp3) is 0.400. The first-order chi connectivity index (χ1) is 7.41. The first-order valence-electron chi connectivity index (χ1n) is 5.74. The number of ketones is 1. The number of carbonyl (C=O) groups is 1. The number of allylic oxidation sites excluding steroid dienone is 2. The molecule has 84 valence electrons. The van der Waals surface area contributed by atoms with Crippen molar-refractivity contribution in [2.24, 2.45) is 5.41 Å². The van der Waals surface area contributed by atoms with E-state index in [1.54, 1.807) is 0 Å². The van der Waals surface area contributed by atoms with Crippen molar-refractivity contribution in [3.63, 3.8) is 0 Å². The van der Waals surface area contributed by atoms with E-state index >= 15 is 0 Å². The summed E-state index contributed by atoms with van der Waals surface area (Å²) in [6, 6.07) is 8.21. The second kappa shape index (κ2) is 3.58. The van der Waals surface area contributed by atoms with Crippen LogP contribution in [0.15, 0.2) is 29.8 Å². The number of hydrogen-bond donors (Lipinski definition) is 0. The van der Waals surface area contributed by atoms with E-state index in [4.69, 9.17) is 0 Å². The number of carbonyl (C=O) groups excluding carboxylic acids is 1. The van der Waals surface area contributed by atoms with E-state index < -0.39 is 0 Å². The summed E-state index contributed by atoms with van der Waals surface area (Å²) >= 11 is 0. The van der Waals surface area contributed by atoms with E-state index in [0.29, 0.717) is 6.42 Å². The highest BCUT2D eigenvalue weighted by molar-refractivity contribution is 6.07. The van der Waals surface area contributed by atoms with E-state index in [0.717, 1.165) is 16.7 Å². The number of hydrogen-bond acceptors (Lipinski definition) is 1. The molecule has 0 spiro atoms. The van der Waals surface area contributed by atoms with Crippen molar-refractivity contribution in [3.05, 3.63) is 41.0 Å². The van der Waals surface area contributed by atoms with Gasteiger partial charge >= 0.3 is 0 Å². The molecule has 0 amide bonds. The lowest BCUT2D eigenvalue weighted by Crippen LogP contribution is -2.24. The van der Waals surface area contributed by atoms with Gasteiger partial charge in [0.1, 0.15) is 0 Å². The molecule has 16 heavy (non-hydrogen) atoms. The Bertz CT molecular complexity index is 472. The molecule has 1 aliphatic rings. The van der Waals surface area contributed by atoms with Crippen LogP contribution in [0, 0.1) is 5.41 Å². The third-order valence-corrected chi connectivity index (χ3v) is 3.18. The smallest absolute Gasteiger partial charge is 0.164 e. The van der Waals surface area contributed by atoms with Gasteiger partial charge in [-0.05, 0) is 29.0 Å². The van der Waals surface area contributed by atoms with Gasteiger partial charge in [-0.3, -0.25) is 4.79 Å². The van der Waals surface area contributed by atoms with E-state index in [1.807, 2.05) is 12.1 Å². The van der Waals surface area contributed by atoms with Crippen LogP contribution in [0.1, 0.15) is 38.8 Å². The van der Waals surface area contributed by atoms with E-state index in [1.165, 1.54) is 5.56 Å². The van der Waals surface area contributed by atoms with Crippen molar-refractivity contribution >= 4 is 11.4 Å². The molecule has 0 saturated heterocycles. The molecule has 2 rings (SSSR count). The van der Waals surface area contributed by atoms with Crippen molar-refractivity contribution in [1.29, 1.82) is 0 Å². The lowest BCUT2D eigenvalue weighted by molar-refractivity contribution is -0.115. The molecular weight excluding hydrogens is 196 g/mol. The Morgan fingerprint density at radius 2 is 1.75 bits per heavy atom. The van der Waals surface area contributed by atoms with Crippen LogP contribution in [-0.2, 0) is 11.2 Å². The Morgan fingerprint density at radius 3 is 2.38 bits per heavy atom. The fourth-order valence-corrected chi connectivity index (χ4v) is 2.63. The molecule has 0 saturated carbocycles. The topological polar surface area (TPSA) is 17.1 Å². The molecular formula is C15H18O. The first-order valence-corrected chi connectivity index (χ1v) is 5.74. The summed E-state index contributed by atoms with van der Waals surface area (Å²) in [5.41, 5.74) is 4.49. The molecule has 1 heteroatoms. The van der Waals surface area contributed by atoms with E-state index in [2.05, 4.69) is 39.8 Å². The lowest BCUT2D eigenvalue weighted by Gasteiger charge is -2.29. The zero-order chi connectivity index (χ0) is 11.9. The third kappa shape index (κ3) is 1.71. The SMILES string of the molecule is CC1=C(C(C)(C)C)C(=O)Cc2ccccc21. The summed E-state index contributed by atoms with van der Waals surface area (Å²) in [7, 11) is 0. The summed E-state index contributed by atoms with van der Waals surface area (Å²) < 4.78 is 0. The van der Waals surface area contributed by atoms with Crippen molar-refractivity contribution < 1.29 is 4.79 Å². The van der Waals surface area contributed by atoms with Crippen LogP contribution in [0.25, 0.3) is 5.57 Å². The molecule has 0 fully saturated rings. The van der Waals surface area contributed by atoms with Gasteiger partial charge in [0.15, 0.2) is 5.78 Å². The van der Waals surface area contributed by atoms with Crippen molar-refractivity contribution in [2.75, 3.05) is 0 Å². The predicted octanol–water partition coefficient (Wildman–Crippen LogP) is 3.63. The van der Waals surface area contributed by atoms with Crippen molar-refractivity contribution in [1.82, 2.24) is 0 Å². The maximum Gasteiger partial charge on any atom is 0.164 e. The molecule has 0 N–H and O–H groups in total. The first kappa shape index (κ1) is 11.1. The Kier molecular flexibility index (Phi) is 2.49. The summed E-state index contributed by atoms with van der Waals surface area (Å²) in [4.78, 5) is 12.2. The summed E-state index contributed by atoms with van der Waals surface area (Å²) in [6.45, 7) is 8.39. The van der Waals surface area contributed by atoms with Crippen LogP contribution in [0.4, 0.5) is 0 Å². The van der Waals surface area contributed by atoms with Gasteiger partial charge < -0.3 is 0 Å². The zero-order valence-corrected chi connectivity index (χ0v) is 10.4. The van der Waals surface area contributed by atoms with Crippen LogP contribution >= 0.6 is 0 Å². The fourth-order valence-electron chi connectivity index (χ4n) is 2.63. The molecule has 0 unspecified atom stereocenters. The molecule has 1 nitrogen and oxygen atoms in total. The predicted molar refractivity (Wildman–Crippen MR) is 67.2 cm³/mol. The molecule has 1 aliphatic carbocycles. The molecule has 0 aliphatic heterocycles. The van der Waals surface area contributed by atoms with E-state index in [9.17, 15) is 4.79 Å². The highest BCUT2D eigenvalue weighted by atomic mass is 16.1. The monoisotopic (exact) mass is 214 g/mol. The Labute approximate surface area is 97.2 Å². The minimum atomic E-state index is -0.0608. The zero-order valence-electron chi connectivity index (χ0n) is 10.4. The van der Waals surface area contributed by atoms with E-state index in [-0.39, 0.29) is 11.2 Å². The van der Waals surface area contributed by atoms with Crippen LogP contribution in [0.3, 0.4) is 0 Å². The molecule has 1 aromatic carbocycles. The largest absolute Gasteiger partial charge is 0.294 e. The quantitative estimate of drug-likeness (QED) is 0.644. The standard InChI is InChI=1S/C15H18O/c1-10-12-8-6-5-7-11(12)9-13(16)14(10)15(2,3)4/h5-8H,9H2,1-4H3. The van der Waals surface area contributed by atoms with Gasteiger partial charge in [0, 0.05) is 12.0 Å². The number of Topliss-reactive ketones (excluding diaryl/α,β-unsaturated/α-hetero) is 1. The third-order valence-electron chi connectivity index (χ3n) is 3.18. The Balaban J connectivity index is 2.66. The van der Waals surface area contributed by atoms with Gasteiger partial charge in [-0.2, -0.15) is 0 Å². The molecule has 0 aromatic heterocycles. The molecule has 0 radical (unpaired) electrons. The van der Waals surface area contributed by atoms with Crippen LogP contribution in [0.2, 0.25) is 0 Å². The normalized spacial score (nSPS) is 16.4. The number of fused-ring (bicyclic) bond motifs is 1. The molecule has 0 atom stereocenters. The van der Waals surface area contributed by atoms with Crippen LogP contribution in [-0.4, -0.2) is 5.78 Å². The van der Waals surface area contributed by atoms with Gasteiger partial charge in [-0.25, -0.2) is 0 Å². The second-order valence-corrected chi connectivity index (χ2v) is 5.51. The molecule has 0 bridgehead atoms. The number of benzene rings is 1. The second-order valence-electron chi connectivity index (χ2n) is 5.51. The van der Waals surface area contributed by atoms with Gasteiger partial charge in [0.2, 0.25) is 0 Å². The lowest BCUT2D eigenvalue weighted by atomic mass is 9.74. The Hall–Kier alpha value is -1.37. The minimum Gasteiger partial charge on any atom is -0.294 e. The summed E-state index contributed by atoms with van der Waals surface area (Å²) in [5, 5.41) is 0. The van der Waals surface area contributed by atoms with Crippen LogP contribution in [0.5, 0.6) is 0 Å². The highest BCUT2D eigenvalue weighted by Crippen LogP contribution is 2.38. The maximum atomic E-state index is 12.2. The van der Waals surface area contributed by atoms with Gasteiger partial charge in [0.05, 0.1) is 0 Å². The molecule has 1 aromatic rings. The van der Waals surface area contributed by atoms with Gasteiger partial charge in [0.25, 0.3) is 0 Å². The summed E-state index contributed by atoms with van der Waals surface area (Å²) in [5.74, 6) is 0.281. The van der Waals surface area contributed by atoms with Gasteiger partial charge in [-0.1, -0.05) is 45.0 Å². The molecule has 0 heterocycles. The van der Waals surface area contributed by atoms with Crippen molar-refractivity contribution in [3.8, 4) is 0 Å². The highest BCUT2D eigenvalue weighted by Gasteiger charge is 2.30. The Morgan fingerprint density at radius 1 is 1.12 bits per heavy atom.